The zero-order valence-corrected chi connectivity index (χ0v) is 17.7. The molecule has 1 aromatic heterocycles. The Morgan fingerprint density at radius 2 is 1.72 bits per heavy atom. The van der Waals surface area contributed by atoms with Crippen molar-refractivity contribution in [2.24, 2.45) is 0 Å². The van der Waals surface area contributed by atoms with Gasteiger partial charge < -0.3 is 20.5 Å². The maximum atomic E-state index is 8.91. The number of halogens is 2. The Morgan fingerprint density at radius 1 is 1.03 bits per heavy atom. The van der Waals surface area contributed by atoms with E-state index in [2.05, 4.69) is 20.6 Å². The van der Waals surface area contributed by atoms with Crippen molar-refractivity contribution in [3.8, 4) is 28.3 Å². The van der Waals surface area contributed by atoms with E-state index in [4.69, 9.17) is 33.0 Å². The van der Waals surface area contributed by atoms with Crippen LogP contribution in [-0.4, -0.2) is 42.4 Å². The molecule has 0 bridgehead atoms. The van der Waals surface area contributed by atoms with Crippen LogP contribution in [0, 0.1) is 0 Å². The van der Waals surface area contributed by atoms with Gasteiger partial charge in [-0.05, 0) is 6.07 Å². The van der Waals surface area contributed by atoms with E-state index in [1.807, 2.05) is 43.4 Å². The van der Waals surface area contributed by atoms with Crippen molar-refractivity contribution < 1.29 is 9.84 Å². The molecular weight excluding hydrogens is 411 g/mol. The molecule has 0 aliphatic heterocycles. The number of nitrogens with zero attached hydrogens (tertiary/aromatic N) is 2. The molecule has 152 valence electrons. The van der Waals surface area contributed by atoms with Gasteiger partial charge in [-0.2, -0.15) is 0 Å². The Kier molecular flexibility index (Phi) is 7.28. The SMILES string of the molecule is CNc1cccc(-c2cccc(-c3cnc(CNCCO)c(OC)n3)c2Cl)c1Cl. The van der Waals surface area contributed by atoms with Crippen molar-refractivity contribution in [3.05, 3.63) is 58.3 Å². The number of hydrogen-bond donors (Lipinski definition) is 3. The molecule has 1 heterocycles. The second-order valence-corrected chi connectivity index (χ2v) is 6.95. The van der Waals surface area contributed by atoms with Crippen LogP contribution in [0.2, 0.25) is 10.0 Å². The molecule has 0 atom stereocenters. The molecule has 0 amide bonds. The van der Waals surface area contributed by atoms with Gasteiger partial charge in [-0.3, -0.25) is 4.98 Å². The Bertz CT molecular complexity index is 998. The van der Waals surface area contributed by atoms with Crippen molar-refractivity contribution >= 4 is 28.9 Å². The summed E-state index contributed by atoms with van der Waals surface area (Å²) in [6.45, 7) is 0.956. The molecule has 3 N–H and O–H groups in total. The average Bonchev–Trinajstić information content (AvgIpc) is 2.75. The first kappa shape index (κ1) is 21.3. The topological polar surface area (TPSA) is 79.3 Å². The van der Waals surface area contributed by atoms with Crippen molar-refractivity contribution in [1.29, 1.82) is 0 Å². The summed E-state index contributed by atoms with van der Waals surface area (Å²) in [6.07, 6.45) is 1.66. The first-order chi connectivity index (χ1) is 14.1. The average molecular weight is 433 g/mol. The molecule has 3 aromatic rings. The Hall–Kier alpha value is -2.38. The van der Waals surface area contributed by atoms with Crippen LogP contribution >= 0.6 is 23.2 Å². The number of hydrogen-bond acceptors (Lipinski definition) is 6. The molecule has 0 aliphatic carbocycles. The molecule has 0 unspecified atom stereocenters. The fraction of sp³-hybridized carbons (Fsp3) is 0.238. The summed E-state index contributed by atoms with van der Waals surface area (Å²) in [7, 11) is 3.37. The number of rotatable bonds is 8. The molecule has 0 radical (unpaired) electrons. The van der Waals surface area contributed by atoms with Crippen LogP contribution < -0.4 is 15.4 Å². The van der Waals surface area contributed by atoms with Gasteiger partial charge in [0, 0.05) is 36.8 Å². The predicted octanol–water partition coefficient (Wildman–Crippen LogP) is 4.25. The molecule has 6 nitrogen and oxygen atoms in total. The van der Waals surface area contributed by atoms with Crippen molar-refractivity contribution in [1.82, 2.24) is 15.3 Å². The highest BCUT2D eigenvalue weighted by molar-refractivity contribution is 6.39. The molecule has 0 saturated carbocycles. The summed E-state index contributed by atoms with van der Waals surface area (Å²) in [4.78, 5) is 9.03. The van der Waals surface area contributed by atoms with Crippen LogP contribution in [0.25, 0.3) is 22.4 Å². The third-order valence-electron chi connectivity index (χ3n) is 4.42. The maximum Gasteiger partial charge on any atom is 0.237 e. The number of aromatic nitrogens is 2. The maximum absolute atomic E-state index is 8.91. The molecule has 0 fully saturated rings. The number of nitrogens with one attached hydrogen (secondary N) is 2. The quantitative estimate of drug-likeness (QED) is 0.461. The Morgan fingerprint density at radius 3 is 2.41 bits per heavy atom. The lowest BCUT2D eigenvalue weighted by molar-refractivity contribution is 0.291. The minimum atomic E-state index is 0.0491. The van der Waals surface area contributed by atoms with E-state index in [0.717, 1.165) is 22.4 Å². The van der Waals surface area contributed by atoms with Gasteiger partial charge in [0.05, 0.1) is 41.3 Å². The lowest BCUT2D eigenvalue weighted by Crippen LogP contribution is -2.19. The molecular formula is C21H22Cl2N4O2. The van der Waals surface area contributed by atoms with Gasteiger partial charge in [0.2, 0.25) is 5.88 Å². The van der Waals surface area contributed by atoms with Crippen molar-refractivity contribution in [3.63, 3.8) is 0 Å². The Labute approximate surface area is 179 Å². The number of ether oxygens (including phenoxy) is 1. The van der Waals surface area contributed by atoms with Crippen molar-refractivity contribution in [2.75, 3.05) is 32.6 Å². The molecule has 0 saturated heterocycles. The van der Waals surface area contributed by atoms with E-state index in [9.17, 15) is 0 Å². The van der Waals surface area contributed by atoms with Crippen LogP contribution in [0.4, 0.5) is 5.69 Å². The second kappa shape index (κ2) is 9.89. The van der Waals surface area contributed by atoms with Crippen LogP contribution in [-0.2, 0) is 6.54 Å². The lowest BCUT2D eigenvalue weighted by Gasteiger charge is -2.14. The molecule has 8 heteroatoms. The highest BCUT2D eigenvalue weighted by atomic mass is 35.5. The van der Waals surface area contributed by atoms with Gasteiger partial charge in [-0.25, -0.2) is 4.98 Å². The predicted molar refractivity (Wildman–Crippen MR) is 118 cm³/mol. The second-order valence-electron chi connectivity index (χ2n) is 6.20. The van der Waals surface area contributed by atoms with E-state index in [-0.39, 0.29) is 6.61 Å². The van der Waals surface area contributed by atoms with E-state index in [1.165, 1.54) is 0 Å². The fourth-order valence-corrected chi connectivity index (χ4v) is 3.62. The standard InChI is InChI=1S/C21H22Cl2N4O2/c1-24-16-8-4-6-14(20(16)23)13-5-3-7-15(19(13)22)17-12-26-18(11-25-9-10-28)21(27-17)29-2/h3-8,12,24-25,28H,9-11H2,1-2H3. The molecule has 0 spiro atoms. The van der Waals surface area contributed by atoms with E-state index >= 15 is 0 Å². The van der Waals surface area contributed by atoms with Gasteiger partial charge in [0.25, 0.3) is 0 Å². The van der Waals surface area contributed by atoms with E-state index in [0.29, 0.717) is 40.4 Å². The van der Waals surface area contributed by atoms with Gasteiger partial charge in [-0.1, -0.05) is 53.5 Å². The summed E-state index contributed by atoms with van der Waals surface area (Å²) >= 11 is 13.3. The largest absolute Gasteiger partial charge is 0.480 e. The van der Waals surface area contributed by atoms with Crippen LogP contribution in [0.15, 0.2) is 42.6 Å². The number of benzene rings is 2. The van der Waals surface area contributed by atoms with Crippen molar-refractivity contribution in [2.45, 2.75) is 6.54 Å². The van der Waals surface area contributed by atoms with Gasteiger partial charge in [-0.15, -0.1) is 0 Å². The zero-order valence-electron chi connectivity index (χ0n) is 16.2. The van der Waals surface area contributed by atoms with Crippen LogP contribution in [0.1, 0.15) is 5.69 Å². The number of methoxy groups -OCH3 is 1. The highest BCUT2D eigenvalue weighted by Crippen LogP contribution is 2.41. The molecule has 3 rings (SSSR count). The first-order valence-corrected chi connectivity index (χ1v) is 9.83. The first-order valence-electron chi connectivity index (χ1n) is 9.07. The van der Waals surface area contributed by atoms with E-state index in [1.54, 1.807) is 13.3 Å². The van der Waals surface area contributed by atoms with Gasteiger partial charge in [0.1, 0.15) is 5.69 Å². The summed E-state index contributed by atoms with van der Waals surface area (Å²) in [6, 6.07) is 11.5. The summed E-state index contributed by atoms with van der Waals surface area (Å²) in [5.74, 6) is 0.407. The third kappa shape index (κ3) is 4.62. The monoisotopic (exact) mass is 432 g/mol. The molecule has 2 aromatic carbocycles. The highest BCUT2D eigenvalue weighted by Gasteiger charge is 2.16. The number of aliphatic hydroxyl groups is 1. The van der Waals surface area contributed by atoms with Gasteiger partial charge in [0.15, 0.2) is 0 Å². The summed E-state index contributed by atoms with van der Waals surface area (Å²) < 4.78 is 5.39. The molecule has 29 heavy (non-hydrogen) atoms. The Balaban J connectivity index is 2.02. The lowest BCUT2D eigenvalue weighted by atomic mass is 10.0. The third-order valence-corrected chi connectivity index (χ3v) is 5.23. The number of aliphatic hydroxyl groups excluding tert-OH is 1. The zero-order chi connectivity index (χ0) is 20.8. The normalized spacial score (nSPS) is 10.8. The minimum Gasteiger partial charge on any atom is -0.480 e. The molecule has 0 aliphatic rings. The van der Waals surface area contributed by atoms with Crippen LogP contribution in [0.5, 0.6) is 5.88 Å². The summed E-state index contributed by atoms with van der Waals surface area (Å²) in [5.41, 5.74) is 4.45. The number of anilines is 1. The van der Waals surface area contributed by atoms with E-state index < -0.39 is 0 Å². The van der Waals surface area contributed by atoms with Crippen LogP contribution in [0.3, 0.4) is 0 Å². The minimum absolute atomic E-state index is 0.0491. The summed E-state index contributed by atoms with van der Waals surface area (Å²) in [5, 5.41) is 16.2. The fourth-order valence-electron chi connectivity index (χ4n) is 2.97. The smallest absolute Gasteiger partial charge is 0.237 e. The van der Waals surface area contributed by atoms with Gasteiger partial charge >= 0.3 is 0 Å².